The van der Waals surface area contributed by atoms with E-state index in [1.165, 1.54) is 17.3 Å². The monoisotopic (exact) mass is 264 g/mol. The zero-order chi connectivity index (χ0) is 14.0. The third-order valence-corrected chi connectivity index (χ3v) is 3.10. The molecule has 1 saturated heterocycles. The summed E-state index contributed by atoms with van der Waals surface area (Å²) in [6.45, 7) is 4.24. The van der Waals surface area contributed by atoms with Gasteiger partial charge in [-0.3, -0.25) is 14.6 Å². The molecule has 2 amide bonds. The van der Waals surface area contributed by atoms with Crippen molar-refractivity contribution in [2.45, 2.75) is 19.4 Å². The number of nitrogens with two attached hydrogens (primary N) is 1. The standard InChI is InChI=1S/C11H16N6O2/c1-11(2)10(19)14-3-4-17(11)9(18)7-5-13-6-8(15-7)16-12/h5-6H,3-4,12H2,1-2H3,(H,14,19)(H,15,16). The van der Waals surface area contributed by atoms with Crippen LogP contribution in [0.25, 0.3) is 0 Å². The second-order valence-electron chi connectivity index (χ2n) is 4.71. The van der Waals surface area contributed by atoms with Gasteiger partial charge in [-0.2, -0.15) is 0 Å². The Labute approximate surface area is 110 Å². The summed E-state index contributed by atoms with van der Waals surface area (Å²) in [5.74, 6) is 5.00. The maximum absolute atomic E-state index is 12.4. The Morgan fingerprint density at radius 3 is 2.95 bits per heavy atom. The Balaban J connectivity index is 2.30. The molecule has 0 radical (unpaired) electrons. The fourth-order valence-corrected chi connectivity index (χ4v) is 1.93. The van der Waals surface area contributed by atoms with E-state index in [1.807, 2.05) is 0 Å². The third-order valence-electron chi connectivity index (χ3n) is 3.10. The number of anilines is 1. The number of hydrogen-bond acceptors (Lipinski definition) is 6. The maximum atomic E-state index is 12.4. The van der Waals surface area contributed by atoms with Crippen LogP contribution in [0.1, 0.15) is 24.3 Å². The largest absolute Gasteiger partial charge is 0.352 e. The van der Waals surface area contributed by atoms with Crippen LogP contribution in [-0.4, -0.2) is 45.3 Å². The average molecular weight is 264 g/mol. The predicted octanol–water partition coefficient (Wildman–Crippen LogP) is -0.887. The van der Waals surface area contributed by atoms with Gasteiger partial charge in [0.2, 0.25) is 5.91 Å². The van der Waals surface area contributed by atoms with Crippen LogP contribution in [0.3, 0.4) is 0 Å². The van der Waals surface area contributed by atoms with E-state index in [4.69, 9.17) is 5.84 Å². The highest BCUT2D eigenvalue weighted by Gasteiger charge is 2.41. The van der Waals surface area contributed by atoms with Crippen molar-refractivity contribution < 1.29 is 9.59 Å². The van der Waals surface area contributed by atoms with E-state index in [-0.39, 0.29) is 17.5 Å². The number of amides is 2. The Hall–Kier alpha value is -2.22. The number of hydrogen-bond donors (Lipinski definition) is 3. The summed E-state index contributed by atoms with van der Waals surface area (Å²) < 4.78 is 0. The second kappa shape index (κ2) is 4.81. The summed E-state index contributed by atoms with van der Waals surface area (Å²) in [4.78, 5) is 33.6. The Kier molecular flexibility index (Phi) is 3.34. The van der Waals surface area contributed by atoms with Crippen molar-refractivity contribution in [2.75, 3.05) is 18.5 Å². The molecule has 0 spiro atoms. The molecule has 0 atom stereocenters. The summed E-state index contributed by atoms with van der Waals surface area (Å²) >= 11 is 0. The first-order chi connectivity index (χ1) is 8.96. The van der Waals surface area contributed by atoms with Crippen LogP contribution in [0.4, 0.5) is 5.82 Å². The lowest BCUT2D eigenvalue weighted by atomic mass is 9.98. The van der Waals surface area contributed by atoms with Crippen LogP contribution in [0.5, 0.6) is 0 Å². The Morgan fingerprint density at radius 2 is 2.26 bits per heavy atom. The Morgan fingerprint density at radius 1 is 1.53 bits per heavy atom. The smallest absolute Gasteiger partial charge is 0.275 e. The van der Waals surface area contributed by atoms with Crippen LogP contribution in [0.2, 0.25) is 0 Å². The molecule has 2 heterocycles. The molecule has 1 fully saturated rings. The Bertz CT molecular complexity index is 516. The third kappa shape index (κ3) is 2.34. The van der Waals surface area contributed by atoms with Crippen molar-refractivity contribution in [1.29, 1.82) is 0 Å². The van der Waals surface area contributed by atoms with Gasteiger partial charge in [-0.05, 0) is 13.8 Å². The minimum atomic E-state index is -0.914. The first kappa shape index (κ1) is 13.2. The number of nitrogens with zero attached hydrogens (tertiary/aromatic N) is 3. The van der Waals surface area contributed by atoms with Gasteiger partial charge in [0, 0.05) is 13.1 Å². The predicted molar refractivity (Wildman–Crippen MR) is 68.0 cm³/mol. The van der Waals surface area contributed by atoms with Gasteiger partial charge in [0.05, 0.1) is 12.4 Å². The lowest BCUT2D eigenvalue weighted by Gasteiger charge is -2.40. The van der Waals surface area contributed by atoms with Crippen LogP contribution < -0.4 is 16.6 Å². The lowest BCUT2D eigenvalue weighted by molar-refractivity contribution is -0.133. The van der Waals surface area contributed by atoms with E-state index < -0.39 is 5.54 Å². The molecule has 0 unspecified atom stereocenters. The van der Waals surface area contributed by atoms with Gasteiger partial charge < -0.3 is 15.6 Å². The van der Waals surface area contributed by atoms with Crippen molar-refractivity contribution in [3.8, 4) is 0 Å². The summed E-state index contributed by atoms with van der Waals surface area (Å²) in [6, 6.07) is 0. The molecule has 102 valence electrons. The van der Waals surface area contributed by atoms with Crippen LogP contribution in [0, 0.1) is 0 Å². The van der Waals surface area contributed by atoms with Gasteiger partial charge in [-0.15, -0.1) is 0 Å². The van der Waals surface area contributed by atoms with Crippen LogP contribution in [-0.2, 0) is 4.79 Å². The minimum absolute atomic E-state index is 0.151. The summed E-state index contributed by atoms with van der Waals surface area (Å²) in [5, 5.41) is 2.73. The van der Waals surface area contributed by atoms with Crippen molar-refractivity contribution >= 4 is 17.6 Å². The molecule has 1 aromatic heterocycles. The van der Waals surface area contributed by atoms with Crippen molar-refractivity contribution in [3.05, 3.63) is 18.1 Å². The molecule has 8 nitrogen and oxygen atoms in total. The summed E-state index contributed by atoms with van der Waals surface area (Å²) in [6.07, 6.45) is 2.76. The maximum Gasteiger partial charge on any atom is 0.275 e. The summed E-state index contributed by atoms with van der Waals surface area (Å²) in [7, 11) is 0. The number of carbonyl (C=O) groups is 2. The molecule has 1 aromatic rings. The van der Waals surface area contributed by atoms with Crippen molar-refractivity contribution in [1.82, 2.24) is 20.2 Å². The quantitative estimate of drug-likeness (QED) is 0.472. The number of rotatable bonds is 2. The normalized spacial score (nSPS) is 17.8. The zero-order valence-corrected chi connectivity index (χ0v) is 10.8. The molecule has 2 rings (SSSR count). The molecule has 1 aliphatic heterocycles. The van der Waals surface area contributed by atoms with E-state index in [0.717, 1.165) is 0 Å². The number of piperazine rings is 1. The first-order valence-electron chi connectivity index (χ1n) is 5.85. The second-order valence-corrected chi connectivity index (χ2v) is 4.71. The van der Waals surface area contributed by atoms with Crippen LogP contribution in [0.15, 0.2) is 12.4 Å². The first-order valence-corrected chi connectivity index (χ1v) is 5.85. The average Bonchev–Trinajstić information content (AvgIpc) is 2.41. The zero-order valence-electron chi connectivity index (χ0n) is 10.8. The number of nitrogen functional groups attached to an aromatic ring is 1. The van der Waals surface area contributed by atoms with E-state index in [2.05, 4.69) is 20.7 Å². The van der Waals surface area contributed by atoms with Crippen LogP contribution >= 0.6 is 0 Å². The van der Waals surface area contributed by atoms with Gasteiger partial charge in [0.15, 0.2) is 5.82 Å². The number of hydrazine groups is 1. The molecule has 8 heteroatoms. The summed E-state index contributed by atoms with van der Waals surface area (Å²) in [5.41, 5.74) is 1.57. The van der Waals surface area contributed by atoms with E-state index in [1.54, 1.807) is 13.8 Å². The van der Waals surface area contributed by atoms with E-state index in [9.17, 15) is 9.59 Å². The van der Waals surface area contributed by atoms with Crippen molar-refractivity contribution in [2.24, 2.45) is 5.84 Å². The number of aromatic nitrogens is 2. The number of carbonyl (C=O) groups excluding carboxylic acids is 2. The highest BCUT2D eigenvalue weighted by Crippen LogP contribution is 2.20. The van der Waals surface area contributed by atoms with Gasteiger partial charge in [-0.25, -0.2) is 10.8 Å². The molecular formula is C11H16N6O2. The lowest BCUT2D eigenvalue weighted by Crippen LogP contribution is -2.63. The van der Waals surface area contributed by atoms with Gasteiger partial charge in [0.1, 0.15) is 11.2 Å². The fraction of sp³-hybridized carbons (Fsp3) is 0.455. The van der Waals surface area contributed by atoms with E-state index in [0.29, 0.717) is 18.9 Å². The fourth-order valence-electron chi connectivity index (χ4n) is 1.93. The van der Waals surface area contributed by atoms with Gasteiger partial charge in [-0.1, -0.05) is 0 Å². The molecule has 0 aromatic carbocycles. The molecular weight excluding hydrogens is 248 g/mol. The highest BCUT2D eigenvalue weighted by molar-refractivity contribution is 5.98. The molecule has 0 saturated carbocycles. The highest BCUT2D eigenvalue weighted by atomic mass is 16.2. The number of nitrogens with one attached hydrogen (secondary N) is 2. The molecule has 4 N–H and O–H groups in total. The van der Waals surface area contributed by atoms with Gasteiger partial charge >= 0.3 is 0 Å². The van der Waals surface area contributed by atoms with Gasteiger partial charge in [0.25, 0.3) is 5.91 Å². The SMILES string of the molecule is CC1(C)C(=O)NCCN1C(=O)c1cncc(NN)n1. The molecule has 0 aliphatic carbocycles. The topological polar surface area (TPSA) is 113 Å². The van der Waals surface area contributed by atoms with Crippen molar-refractivity contribution in [3.63, 3.8) is 0 Å². The molecule has 1 aliphatic rings. The molecule has 19 heavy (non-hydrogen) atoms. The molecule has 0 bridgehead atoms. The van der Waals surface area contributed by atoms with E-state index >= 15 is 0 Å². The minimum Gasteiger partial charge on any atom is -0.352 e.